The molecule has 15 heavy (non-hydrogen) atoms. The van der Waals surface area contributed by atoms with Gasteiger partial charge in [-0.15, -0.1) is 0 Å². The first kappa shape index (κ1) is 9.65. The fourth-order valence-corrected chi connectivity index (χ4v) is 1.35. The lowest BCUT2D eigenvalue weighted by atomic mass is 10.0. The van der Waals surface area contributed by atoms with Gasteiger partial charge in [-0.1, -0.05) is 0 Å². The number of ketones is 1. The molecular formula is C12H9FO2. The van der Waals surface area contributed by atoms with Gasteiger partial charge < -0.3 is 4.42 Å². The van der Waals surface area contributed by atoms with Crippen LogP contribution >= 0.6 is 0 Å². The Balaban J connectivity index is 2.37. The molecule has 0 aliphatic rings. The molecule has 0 saturated carbocycles. The van der Waals surface area contributed by atoms with Crippen molar-refractivity contribution >= 4 is 5.78 Å². The molecule has 2 rings (SSSR count). The molecule has 76 valence electrons. The number of benzene rings is 1. The van der Waals surface area contributed by atoms with Crippen LogP contribution in [-0.4, -0.2) is 5.78 Å². The predicted molar refractivity (Wildman–Crippen MR) is 53.3 cm³/mol. The summed E-state index contributed by atoms with van der Waals surface area (Å²) in [5, 5.41) is 0. The topological polar surface area (TPSA) is 30.2 Å². The van der Waals surface area contributed by atoms with E-state index in [1.54, 1.807) is 6.92 Å². The van der Waals surface area contributed by atoms with Gasteiger partial charge in [0, 0.05) is 5.56 Å². The summed E-state index contributed by atoms with van der Waals surface area (Å²) in [6.07, 6.45) is 2.91. The highest BCUT2D eigenvalue weighted by Crippen LogP contribution is 2.15. The molecule has 0 amide bonds. The van der Waals surface area contributed by atoms with Crippen LogP contribution in [0.15, 0.2) is 41.2 Å². The van der Waals surface area contributed by atoms with Gasteiger partial charge >= 0.3 is 0 Å². The van der Waals surface area contributed by atoms with Gasteiger partial charge in [0.15, 0.2) is 5.78 Å². The van der Waals surface area contributed by atoms with E-state index in [4.69, 9.17) is 4.42 Å². The minimum Gasteiger partial charge on any atom is -0.472 e. The van der Waals surface area contributed by atoms with Crippen LogP contribution in [0.25, 0.3) is 0 Å². The van der Waals surface area contributed by atoms with Crippen LogP contribution in [0.3, 0.4) is 0 Å². The normalized spacial score (nSPS) is 10.3. The number of hydrogen-bond acceptors (Lipinski definition) is 2. The molecular weight excluding hydrogens is 195 g/mol. The molecule has 0 fully saturated rings. The van der Waals surface area contributed by atoms with E-state index in [0.717, 1.165) is 5.56 Å². The third kappa shape index (κ3) is 1.81. The maximum Gasteiger partial charge on any atom is 0.196 e. The minimum atomic E-state index is -0.351. The van der Waals surface area contributed by atoms with Crippen molar-refractivity contribution < 1.29 is 13.6 Å². The summed E-state index contributed by atoms with van der Waals surface area (Å²) in [5.74, 6) is -0.503. The Kier molecular flexibility index (Phi) is 2.37. The second kappa shape index (κ2) is 3.69. The second-order valence-corrected chi connectivity index (χ2v) is 3.30. The fourth-order valence-electron chi connectivity index (χ4n) is 1.35. The third-order valence-corrected chi connectivity index (χ3v) is 2.21. The fraction of sp³-hybridized carbons (Fsp3) is 0.0833. The van der Waals surface area contributed by atoms with Gasteiger partial charge in [0.05, 0.1) is 11.8 Å². The summed E-state index contributed by atoms with van der Waals surface area (Å²) in [6.45, 7) is 1.79. The summed E-state index contributed by atoms with van der Waals surface area (Å²) in [4.78, 5) is 11.9. The van der Waals surface area contributed by atoms with Gasteiger partial charge in [-0.05, 0) is 36.8 Å². The lowest BCUT2D eigenvalue weighted by Gasteiger charge is -1.98. The smallest absolute Gasteiger partial charge is 0.196 e. The lowest BCUT2D eigenvalue weighted by molar-refractivity contribution is 0.103. The first-order valence-corrected chi connectivity index (χ1v) is 4.51. The number of hydrogen-bond donors (Lipinski definition) is 0. The van der Waals surface area contributed by atoms with E-state index in [2.05, 4.69) is 0 Å². The molecule has 1 aromatic heterocycles. The van der Waals surface area contributed by atoms with E-state index in [9.17, 15) is 9.18 Å². The molecule has 0 atom stereocenters. The molecule has 0 unspecified atom stereocenters. The number of carbonyl (C=O) groups excluding carboxylic acids is 1. The van der Waals surface area contributed by atoms with Crippen molar-refractivity contribution in [1.29, 1.82) is 0 Å². The van der Waals surface area contributed by atoms with Gasteiger partial charge in [-0.3, -0.25) is 4.79 Å². The van der Waals surface area contributed by atoms with Gasteiger partial charge in [-0.2, -0.15) is 0 Å². The largest absolute Gasteiger partial charge is 0.472 e. The van der Waals surface area contributed by atoms with Crippen LogP contribution in [0, 0.1) is 12.7 Å². The predicted octanol–water partition coefficient (Wildman–Crippen LogP) is 2.96. The van der Waals surface area contributed by atoms with Crippen molar-refractivity contribution in [3.63, 3.8) is 0 Å². The lowest BCUT2D eigenvalue weighted by Crippen LogP contribution is -2.01. The summed E-state index contributed by atoms with van der Waals surface area (Å²) in [7, 11) is 0. The molecule has 0 aliphatic carbocycles. The number of aryl methyl sites for hydroxylation is 1. The Hall–Kier alpha value is -1.90. The summed E-state index contributed by atoms with van der Waals surface area (Å²) in [6, 6.07) is 5.46. The zero-order valence-corrected chi connectivity index (χ0v) is 8.16. The number of carbonyl (C=O) groups is 1. The van der Waals surface area contributed by atoms with Gasteiger partial charge in [0.1, 0.15) is 12.1 Å². The quantitative estimate of drug-likeness (QED) is 0.704. The molecule has 3 heteroatoms. The minimum absolute atomic E-state index is 0.152. The van der Waals surface area contributed by atoms with Gasteiger partial charge in [-0.25, -0.2) is 4.39 Å². The van der Waals surface area contributed by atoms with Crippen molar-refractivity contribution in [2.45, 2.75) is 6.92 Å². The zero-order chi connectivity index (χ0) is 10.8. The van der Waals surface area contributed by atoms with E-state index in [1.165, 1.54) is 36.8 Å². The number of rotatable bonds is 2. The second-order valence-electron chi connectivity index (χ2n) is 3.30. The molecule has 2 aromatic rings. The van der Waals surface area contributed by atoms with Crippen LogP contribution in [0.5, 0.6) is 0 Å². The van der Waals surface area contributed by atoms with Crippen molar-refractivity contribution in [3.05, 3.63) is 59.3 Å². The molecule has 0 spiro atoms. The third-order valence-electron chi connectivity index (χ3n) is 2.21. The standard InChI is InChI=1S/C12H9FO2/c1-8-6-15-7-11(8)12(14)9-2-4-10(13)5-3-9/h2-7H,1H3. The molecule has 1 heterocycles. The molecule has 0 saturated heterocycles. The molecule has 0 N–H and O–H groups in total. The Morgan fingerprint density at radius 3 is 2.40 bits per heavy atom. The molecule has 0 bridgehead atoms. The Bertz CT molecular complexity index is 483. The highest BCUT2D eigenvalue weighted by Gasteiger charge is 2.13. The van der Waals surface area contributed by atoms with E-state index >= 15 is 0 Å². The van der Waals surface area contributed by atoms with Gasteiger partial charge in [0.2, 0.25) is 0 Å². The zero-order valence-electron chi connectivity index (χ0n) is 8.16. The Morgan fingerprint density at radius 2 is 1.87 bits per heavy atom. The van der Waals surface area contributed by atoms with Crippen LogP contribution < -0.4 is 0 Å². The summed E-state index contributed by atoms with van der Waals surface area (Å²) >= 11 is 0. The molecule has 0 radical (unpaired) electrons. The molecule has 1 aromatic carbocycles. The van der Waals surface area contributed by atoms with E-state index in [1.807, 2.05) is 0 Å². The van der Waals surface area contributed by atoms with Crippen molar-refractivity contribution in [2.75, 3.05) is 0 Å². The van der Waals surface area contributed by atoms with Crippen LogP contribution in [0.1, 0.15) is 21.5 Å². The first-order chi connectivity index (χ1) is 7.18. The Labute approximate surface area is 86.3 Å². The van der Waals surface area contributed by atoms with Crippen LogP contribution in [-0.2, 0) is 0 Å². The first-order valence-electron chi connectivity index (χ1n) is 4.51. The SMILES string of the molecule is Cc1cocc1C(=O)c1ccc(F)cc1. The highest BCUT2D eigenvalue weighted by atomic mass is 19.1. The highest BCUT2D eigenvalue weighted by molar-refractivity contribution is 6.09. The molecule has 0 aliphatic heterocycles. The van der Waals surface area contributed by atoms with E-state index in [0.29, 0.717) is 11.1 Å². The average Bonchev–Trinajstić information content (AvgIpc) is 2.65. The van der Waals surface area contributed by atoms with Crippen molar-refractivity contribution in [2.24, 2.45) is 0 Å². The average molecular weight is 204 g/mol. The van der Waals surface area contributed by atoms with Crippen LogP contribution in [0.2, 0.25) is 0 Å². The molecule has 2 nitrogen and oxygen atoms in total. The number of furan rings is 1. The van der Waals surface area contributed by atoms with Crippen molar-refractivity contribution in [3.8, 4) is 0 Å². The maximum atomic E-state index is 12.6. The maximum absolute atomic E-state index is 12.6. The Morgan fingerprint density at radius 1 is 1.20 bits per heavy atom. The summed E-state index contributed by atoms with van der Waals surface area (Å²) in [5.41, 5.74) is 1.76. The van der Waals surface area contributed by atoms with E-state index in [-0.39, 0.29) is 11.6 Å². The summed E-state index contributed by atoms with van der Waals surface area (Å²) < 4.78 is 17.6. The van der Waals surface area contributed by atoms with E-state index < -0.39 is 0 Å². The monoisotopic (exact) mass is 204 g/mol. The van der Waals surface area contributed by atoms with Gasteiger partial charge in [0.25, 0.3) is 0 Å². The van der Waals surface area contributed by atoms with Crippen LogP contribution in [0.4, 0.5) is 4.39 Å². The number of halogens is 1. The van der Waals surface area contributed by atoms with Crippen molar-refractivity contribution in [1.82, 2.24) is 0 Å².